The molecular formula is C28H31N3O6S. The molecule has 2 aliphatic heterocycles. The summed E-state index contributed by atoms with van der Waals surface area (Å²) >= 11 is 1.41. The standard InChI is InChI=1S/C28H31N3O6S/c1-18-25(27(33)37-16-19-8-6-5-7-9-19)26(20-12-22(35-3)15-23(13-20)36-4)31-21(17-38-28(31)30-18)14-24(32)29-10-11-34-2/h5-9,12-13,15,17,26H,10-11,14,16H2,1-4H3,(H,29,32)/t26-/m0/s1. The van der Waals surface area contributed by atoms with Gasteiger partial charge in [0.2, 0.25) is 5.91 Å². The van der Waals surface area contributed by atoms with Gasteiger partial charge in [0.05, 0.1) is 44.6 Å². The van der Waals surface area contributed by atoms with Gasteiger partial charge in [-0.05, 0) is 35.6 Å². The molecule has 2 heterocycles. The molecule has 2 aliphatic rings. The molecule has 200 valence electrons. The Hall–Kier alpha value is -3.76. The summed E-state index contributed by atoms with van der Waals surface area (Å²) in [5.41, 5.74) is 3.27. The number of nitrogens with zero attached hydrogens (tertiary/aromatic N) is 2. The first-order chi connectivity index (χ1) is 18.4. The van der Waals surface area contributed by atoms with Gasteiger partial charge in [0, 0.05) is 25.4 Å². The topological polar surface area (TPSA) is 98.7 Å². The molecule has 2 aromatic rings. The van der Waals surface area contributed by atoms with Crippen LogP contribution >= 0.6 is 11.8 Å². The summed E-state index contributed by atoms with van der Waals surface area (Å²) in [5.74, 6) is 0.513. The zero-order chi connectivity index (χ0) is 27.1. The number of benzene rings is 2. The maximum atomic E-state index is 13.6. The van der Waals surface area contributed by atoms with Crippen LogP contribution in [-0.4, -0.2) is 56.4 Å². The van der Waals surface area contributed by atoms with Gasteiger partial charge in [0.25, 0.3) is 0 Å². The lowest BCUT2D eigenvalue weighted by atomic mass is 9.93. The Morgan fingerprint density at radius 2 is 1.76 bits per heavy atom. The molecule has 2 aromatic carbocycles. The Balaban J connectivity index is 1.70. The largest absolute Gasteiger partial charge is 0.497 e. The number of ether oxygens (including phenoxy) is 4. The van der Waals surface area contributed by atoms with Gasteiger partial charge in [0.1, 0.15) is 18.1 Å². The van der Waals surface area contributed by atoms with Crippen LogP contribution in [0, 0.1) is 0 Å². The summed E-state index contributed by atoms with van der Waals surface area (Å²) < 4.78 is 21.8. The van der Waals surface area contributed by atoms with Gasteiger partial charge in [-0.1, -0.05) is 42.1 Å². The molecule has 0 aromatic heterocycles. The van der Waals surface area contributed by atoms with Crippen molar-refractivity contribution in [2.24, 2.45) is 4.99 Å². The van der Waals surface area contributed by atoms with E-state index in [1.165, 1.54) is 11.8 Å². The van der Waals surface area contributed by atoms with Gasteiger partial charge in [-0.2, -0.15) is 0 Å². The van der Waals surface area contributed by atoms with Crippen molar-refractivity contribution in [2.75, 3.05) is 34.5 Å². The molecule has 1 N–H and O–H groups in total. The summed E-state index contributed by atoms with van der Waals surface area (Å²) in [6.07, 6.45) is 0.110. The van der Waals surface area contributed by atoms with Crippen molar-refractivity contribution in [3.05, 3.63) is 82.0 Å². The van der Waals surface area contributed by atoms with Crippen molar-refractivity contribution in [1.82, 2.24) is 10.2 Å². The molecule has 0 unspecified atom stereocenters. The van der Waals surface area contributed by atoms with Crippen LogP contribution in [0.15, 0.2) is 75.9 Å². The van der Waals surface area contributed by atoms with E-state index < -0.39 is 12.0 Å². The maximum absolute atomic E-state index is 13.6. The van der Waals surface area contributed by atoms with Crippen molar-refractivity contribution in [3.8, 4) is 11.5 Å². The van der Waals surface area contributed by atoms with Gasteiger partial charge < -0.3 is 29.2 Å². The minimum Gasteiger partial charge on any atom is -0.497 e. The molecule has 9 nitrogen and oxygen atoms in total. The number of thioether (sulfide) groups is 1. The number of hydrogen-bond acceptors (Lipinski definition) is 9. The predicted octanol–water partition coefficient (Wildman–Crippen LogP) is 4.17. The highest BCUT2D eigenvalue weighted by atomic mass is 32.2. The number of amidine groups is 1. The quantitative estimate of drug-likeness (QED) is 0.337. The third kappa shape index (κ3) is 6.20. The summed E-state index contributed by atoms with van der Waals surface area (Å²) in [6.45, 7) is 2.75. The van der Waals surface area contributed by atoms with Gasteiger partial charge in [-0.3, -0.25) is 4.79 Å². The number of fused-ring (bicyclic) bond motifs is 1. The van der Waals surface area contributed by atoms with Crippen molar-refractivity contribution in [1.29, 1.82) is 0 Å². The number of methoxy groups -OCH3 is 3. The second-order valence-electron chi connectivity index (χ2n) is 8.62. The highest BCUT2D eigenvalue weighted by Gasteiger charge is 2.41. The predicted molar refractivity (Wildman–Crippen MR) is 146 cm³/mol. The SMILES string of the molecule is COCCNC(=O)CC1=CSC2=NC(C)=C(C(=O)OCc3ccccc3)[C@H](c3cc(OC)cc(OC)c3)N12. The second-order valence-corrected chi connectivity index (χ2v) is 9.46. The van der Waals surface area contributed by atoms with Gasteiger partial charge >= 0.3 is 5.97 Å². The molecule has 4 rings (SSSR count). The van der Waals surface area contributed by atoms with Crippen LogP contribution in [0.3, 0.4) is 0 Å². The van der Waals surface area contributed by atoms with Gasteiger partial charge in [-0.15, -0.1) is 0 Å². The third-order valence-electron chi connectivity index (χ3n) is 6.09. The van der Waals surface area contributed by atoms with E-state index in [4.69, 9.17) is 23.9 Å². The fraction of sp³-hybridized carbons (Fsp3) is 0.321. The van der Waals surface area contributed by atoms with Gasteiger partial charge in [0.15, 0.2) is 5.17 Å². The lowest BCUT2D eigenvalue weighted by Crippen LogP contribution is -2.38. The molecule has 0 radical (unpaired) electrons. The smallest absolute Gasteiger partial charge is 0.338 e. The number of allylic oxidation sites excluding steroid dienone is 1. The van der Waals surface area contributed by atoms with Crippen LogP contribution in [0.4, 0.5) is 0 Å². The molecule has 0 saturated heterocycles. The normalized spacial score (nSPS) is 16.4. The highest BCUT2D eigenvalue weighted by Crippen LogP contribution is 2.46. The van der Waals surface area contributed by atoms with Crippen LogP contribution in [0.1, 0.15) is 30.5 Å². The Kier molecular flexibility index (Phi) is 9.09. The van der Waals surface area contributed by atoms with Crippen LogP contribution in [-0.2, 0) is 25.7 Å². The average Bonchev–Trinajstić information content (AvgIpc) is 3.32. The number of hydrogen-bond donors (Lipinski definition) is 1. The summed E-state index contributed by atoms with van der Waals surface area (Å²) in [4.78, 5) is 32.9. The second kappa shape index (κ2) is 12.7. The van der Waals surface area contributed by atoms with Crippen LogP contribution in [0.5, 0.6) is 11.5 Å². The average molecular weight is 538 g/mol. The summed E-state index contributed by atoms with van der Waals surface area (Å²) in [6, 6.07) is 14.4. The van der Waals surface area contributed by atoms with E-state index in [2.05, 4.69) is 5.32 Å². The monoisotopic (exact) mass is 537 g/mol. The van der Waals surface area contributed by atoms with E-state index in [0.717, 1.165) is 16.8 Å². The third-order valence-corrected chi connectivity index (χ3v) is 6.98. The van der Waals surface area contributed by atoms with Crippen molar-refractivity contribution in [3.63, 3.8) is 0 Å². The number of amides is 1. The first-order valence-electron chi connectivity index (χ1n) is 12.1. The van der Waals surface area contributed by atoms with E-state index >= 15 is 0 Å². The highest BCUT2D eigenvalue weighted by molar-refractivity contribution is 8.16. The van der Waals surface area contributed by atoms with E-state index in [9.17, 15) is 9.59 Å². The van der Waals surface area contributed by atoms with Crippen LogP contribution in [0.2, 0.25) is 0 Å². The molecule has 0 saturated carbocycles. The number of rotatable bonds is 11. The first-order valence-corrected chi connectivity index (χ1v) is 13.0. The van der Waals surface area contributed by atoms with E-state index in [-0.39, 0.29) is 18.9 Å². The summed E-state index contributed by atoms with van der Waals surface area (Å²) in [7, 11) is 4.73. The fourth-order valence-electron chi connectivity index (χ4n) is 4.25. The molecule has 10 heteroatoms. The fourth-order valence-corrected chi connectivity index (χ4v) is 5.22. The number of nitrogens with one attached hydrogen (secondary N) is 1. The Labute approximate surface area is 226 Å². The minimum atomic E-state index is -0.609. The van der Waals surface area contributed by atoms with E-state index in [1.54, 1.807) is 34.3 Å². The Morgan fingerprint density at radius 1 is 1.05 bits per heavy atom. The van der Waals surface area contributed by atoms with Gasteiger partial charge in [-0.25, -0.2) is 9.79 Å². The lowest BCUT2D eigenvalue weighted by molar-refractivity contribution is -0.141. The molecule has 0 fully saturated rings. The molecular weight excluding hydrogens is 506 g/mol. The Bertz CT molecular complexity index is 1250. The number of aliphatic imine (C=N–C) groups is 1. The Morgan fingerprint density at radius 3 is 2.42 bits per heavy atom. The number of carbonyl (C=O) groups excluding carboxylic acids is 2. The molecule has 1 amide bonds. The molecule has 38 heavy (non-hydrogen) atoms. The first kappa shape index (κ1) is 27.3. The number of esters is 1. The van der Waals surface area contributed by atoms with Crippen LogP contribution in [0.25, 0.3) is 0 Å². The van der Waals surface area contributed by atoms with Crippen molar-refractivity contribution < 1.29 is 28.5 Å². The molecule has 0 aliphatic carbocycles. The van der Waals surface area contributed by atoms with Crippen LogP contribution < -0.4 is 14.8 Å². The molecule has 0 spiro atoms. The molecule has 0 bridgehead atoms. The number of carbonyl (C=O) groups is 2. The zero-order valence-corrected chi connectivity index (χ0v) is 22.7. The van der Waals surface area contributed by atoms with E-state index in [0.29, 0.717) is 41.1 Å². The minimum absolute atomic E-state index is 0.110. The summed E-state index contributed by atoms with van der Waals surface area (Å²) in [5, 5.41) is 5.42. The van der Waals surface area contributed by atoms with E-state index in [1.807, 2.05) is 52.8 Å². The van der Waals surface area contributed by atoms with Crippen molar-refractivity contribution in [2.45, 2.75) is 26.0 Å². The zero-order valence-electron chi connectivity index (χ0n) is 21.9. The lowest BCUT2D eigenvalue weighted by Gasteiger charge is -2.36. The molecule has 1 atom stereocenters. The van der Waals surface area contributed by atoms with Crippen molar-refractivity contribution >= 4 is 28.8 Å². The maximum Gasteiger partial charge on any atom is 0.338 e.